The number of benzene rings is 2. The quantitative estimate of drug-likeness (QED) is 0.449. The van der Waals surface area contributed by atoms with E-state index in [2.05, 4.69) is 9.64 Å². The van der Waals surface area contributed by atoms with E-state index in [1.807, 2.05) is 24.3 Å². The van der Waals surface area contributed by atoms with Crippen molar-refractivity contribution in [2.75, 3.05) is 40.4 Å². The van der Waals surface area contributed by atoms with Crippen LogP contribution in [0.4, 0.5) is 14.5 Å². The number of carbonyl (C=O) groups is 1. The second kappa shape index (κ2) is 10.2. The molecule has 0 N–H and O–H groups in total. The van der Waals surface area contributed by atoms with Crippen molar-refractivity contribution in [1.29, 1.82) is 0 Å². The highest BCUT2D eigenvalue weighted by Crippen LogP contribution is 2.36. The molecule has 1 aliphatic heterocycles. The van der Waals surface area contributed by atoms with Crippen molar-refractivity contribution in [3.05, 3.63) is 57.6 Å². The summed E-state index contributed by atoms with van der Waals surface area (Å²) in [4.78, 5) is 27.4. The van der Waals surface area contributed by atoms with E-state index in [0.29, 0.717) is 32.7 Å². The first-order chi connectivity index (χ1) is 15.3. The Kier molecular flexibility index (Phi) is 7.41. The van der Waals surface area contributed by atoms with Crippen LogP contribution in [0.2, 0.25) is 0 Å². The van der Waals surface area contributed by atoms with Gasteiger partial charge in [0.2, 0.25) is 0 Å². The van der Waals surface area contributed by atoms with E-state index >= 15 is 0 Å². The van der Waals surface area contributed by atoms with Gasteiger partial charge >= 0.3 is 6.61 Å². The minimum Gasteiger partial charge on any atom is -0.497 e. The van der Waals surface area contributed by atoms with Gasteiger partial charge in [0, 0.05) is 38.8 Å². The third-order valence-electron chi connectivity index (χ3n) is 5.15. The summed E-state index contributed by atoms with van der Waals surface area (Å²) < 4.78 is 39.7. The highest BCUT2D eigenvalue weighted by molar-refractivity contribution is 5.99. The highest BCUT2D eigenvalue weighted by Gasteiger charge is 2.30. The molecule has 32 heavy (non-hydrogen) atoms. The lowest BCUT2D eigenvalue weighted by molar-refractivity contribution is -0.385. The Morgan fingerprint density at radius 3 is 2.25 bits per heavy atom. The largest absolute Gasteiger partial charge is 0.497 e. The van der Waals surface area contributed by atoms with Crippen molar-refractivity contribution < 1.29 is 32.7 Å². The van der Waals surface area contributed by atoms with E-state index in [1.165, 1.54) is 12.0 Å². The first-order valence-corrected chi connectivity index (χ1v) is 9.78. The van der Waals surface area contributed by atoms with E-state index in [0.717, 1.165) is 23.4 Å². The maximum atomic E-state index is 13.0. The molecule has 0 saturated carbocycles. The summed E-state index contributed by atoms with van der Waals surface area (Å²) >= 11 is 0. The molecule has 0 bridgehead atoms. The number of hydrogen-bond donors (Lipinski definition) is 0. The van der Waals surface area contributed by atoms with Gasteiger partial charge in [-0.1, -0.05) is 12.1 Å². The standard InChI is InChI=1S/C21H23F2N3O6/c1-30-15-5-3-14(4-6-15)13-24-7-9-25(10-8-24)20(27)16-11-18(31-2)19(32-21(22)23)12-17(16)26(28)29/h3-6,11-12,21H,7-10,13H2,1-2H3. The second-order valence-electron chi connectivity index (χ2n) is 7.07. The predicted octanol–water partition coefficient (Wildman–Crippen LogP) is 3.17. The van der Waals surface area contributed by atoms with E-state index < -0.39 is 28.9 Å². The summed E-state index contributed by atoms with van der Waals surface area (Å²) in [6.07, 6.45) is 0. The molecule has 9 nitrogen and oxygen atoms in total. The number of nitro benzene ring substituents is 1. The van der Waals surface area contributed by atoms with Crippen LogP contribution in [-0.2, 0) is 6.54 Å². The minimum atomic E-state index is -3.19. The summed E-state index contributed by atoms with van der Waals surface area (Å²) in [5.41, 5.74) is 0.241. The van der Waals surface area contributed by atoms with Crippen molar-refractivity contribution in [2.45, 2.75) is 13.2 Å². The van der Waals surface area contributed by atoms with Gasteiger partial charge in [0.15, 0.2) is 11.5 Å². The highest BCUT2D eigenvalue weighted by atomic mass is 19.3. The van der Waals surface area contributed by atoms with Crippen LogP contribution in [0.5, 0.6) is 17.2 Å². The molecule has 2 aromatic carbocycles. The summed E-state index contributed by atoms with van der Waals surface area (Å²) in [5, 5.41) is 11.5. The third kappa shape index (κ3) is 5.41. The smallest absolute Gasteiger partial charge is 0.387 e. The van der Waals surface area contributed by atoms with Gasteiger partial charge in [0.1, 0.15) is 11.3 Å². The molecule has 0 atom stereocenters. The van der Waals surface area contributed by atoms with Crippen LogP contribution in [0.1, 0.15) is 15.9 Å². The molecule has 0 radical (unpaired) electrons. The van der Waals surface area contributed by atoms with E-state index in [1.54, 1.807) is 7.11 Å². The number of alkyl halides is 2. The van der Waals surface area contributed by atoms with Crippen molar-refractivity contribution in [3.8, 4) is 17.2 Å². The van der Waals surface area contributed by atoms with Gasteiger partial charge in [-0.25, -0.2) is 0 Å². The first kappa shape index (κ1) is 23.2. The lowest BCUT2D eigenvalue weighted by Crippen LogP contribution is -2.48. The van der Waals surface area contributed by atoms with Crippen molar-refractivity contribution in [2.24, 2.45) is 0 Å². The van der Waals surface area contributed by atoms with E-state index in [9.17, 15) is 23.7 Å². The normalized spacial score (nSPS) is 14.3. The Labute approximate surface area is 183 Å². The van der Waals surface area contributed by atoms with Gasteiger partial charge in [0.25, 0.3) is 11.6 Å². The zero-order valence-electron chi connectivity index (χ0n) is 17.6. The molecule has 1 amide bonds. The van der Waals surface area contributed by atoms with E-state index in [-0.39, 0.29) is 11.3 Å². The molecule has 1 aliphatic rings. The Bertz CT molecular complexity index is 963. The molecule has 1 saturated heterocycles. The molecular weight excluding hydrogens is 428 g/mol. The Balaban J connectivity index is 1.71. The monoisotopic (exact) mass is 451 g/mol. The maximum absolute atomic E-state index is 13.0. The molecule has 172 valence electrons. The summed E-state index contributed by atoms with van der Waals surface area (Å²) in [7, 11) is 2.80. The number of ether oxygens (including phenoxy) is 3. The minimum absolute atomic E-state index is 0.183. The van der Waals surface area contributed by atoms with Gasteiger partial charge in [-0.15, -0.1) is 0 Å². The fourth-order valence-electron chi connectivity index (χ4n) is 3.49. The Morgan fingerprint density at radius 1 is 1.06 bits per heavy atom. The molecule has 2 aromatic rings. The molecule has 0 unspecified atom stereocenters. The van der Waals surface area contributed by atoms with Gasteiger partial charge < -0.3 is 19.1 Å². The van der Waals surface area contributed by atoms with Crippen LogP contribution in [0.3, 0.4) is 0 Å². The first-order valence-electron chi connectivity index (χ1n) is 9.78. The molecule has 3 rings (SSSR count). The lowest BCUT2D eigenvalue weighted by atomic mass is 10.1. The third-order valence-corrected chi connectivity index (χ3v) is 5.15. The number of nitrogens with zero attached hydrogens (tertiary/aromatic N) is 3. The fraction of sp³-hybridized carbons (Fsp3) is 0.381. The van der Waals surface area contributed by atoms with Crippen molar-refractivity contribution >= 4 is 11.6 Å². The zero-order valence-corrected chi connectivity index (χ0v) is 17.6. The number of amides is 1. The van der Waals surface area contributed by atoms with Crippen LogP contribution >= 0.6 is 0 Å². The second-order valence-corrected chi connectivity index (χ2v) is 7.07. The number of carbonyl (C=O) groups excluding carboxylic acids is 1. The van der Waals surface area contributed by atoms with Crippen molar-refractivity contribution in [1.82, 2.24) is 9.80 Å². The molecule has 0 spiro atoms. The maximum Gasteiger partial charge on any atom is 0.387 e. The van der Waals surface area contributed by atoms with E-state index in [4.69, 9.17) is 9.47 Å². The fourth-order valence-corrected chi connectivity index (χ4v) is 3.49. The SMILES string of the molecule is COc1ccc(CN2CCN(C(=O)c3cc(OC)c(OC(F)F)cc3[N+](=O)[O-])CC2)cc1. The van der Waals surface area contributed by atoms with Crippen LogP contribution in [-0.4, -0.2) is 67.6 Å². The number of rotatable bonds is 8. The number of halogens is 2. The van der Waals surface area contributed by atoms with Gasteiger partial charge in [-0.2, -0.15) is 8.78 Å². The molecule has 1 heterocycles. The van der Waals surface area contributed by atoms with Crippen LogP contribution in [0.25, 0.3) is 0 Å². The number of methoxy groups -OCH3 is 2. The van der Waals surface area contributed by atoms with Crippen LogP contribution < -0.4 is 14.2 Å². The molecule has 0 aliphatic carbocycles. The van der Waals surface area contributed by atoms with Gasteiger partial charge in [0.05, 0.1) is 25.2 Å². The lowest BCUT2D eigenvalue weighted by Gasteiger charge is -2.34. The molecule has 0 aromatic heterocycles. The average Bonchev–Trinajstić information content (AvgIpc) is 2.79. The number of piperazine rings is 1. The van der Waals surface area contributed by atoms with Crippen LogP contribution in [0, 0.1) is 10.1 Å². The van der Waals surface area contributed by atoms with Gasteiger partial charge in [-0.3, -0.25) is 19.8 Å². The summed E-state index contributed by atoms with van der Waals surface area (Å²) in [5.74, 6) is -0.485. The number of hydrogen-bond acceptors (Lipinski definition) is 7. The summed E-state index contributed by atoms with van der Waals surface area (Å²) in [6.45, 7) is -0.610. The number of nitro groups is 1. The molecule has 1 fully saturated rings. The zero-order chi connectivity index (χ0) is 23.3. The Hall–Kier alpha value is -3.47. The van der Waals surface area contributed by atoms with Crippen molar-refractivity contribution in [3.63, 3.8) is 0 Å². The molecular formula is C21H23F2N3O6. The predicted molar refractivity (Wildman–Crippen MR) is 110 cm³/mol. The molecule has 11 heteroatoms. The summed E-state index contributed by atoms with van der Waals surface area (Å²) in [6, 6.07) is 9.55. The van der Waals surface area contributed by atoms with Gasteiger partial charge in [-0.05, 0) is 17.7 Å². The Morgan fingerprint density at radius 2 is 1.72 bits per heavy atom. The van der Waals surface area contributed by atoms with Crippen LogP contribution in [0.15, 0.2) is 36.4 Å². The topological polar surface area (TPSA) is 94.4 Å². The average molecular weight is 451 g/mol.